The Morgan fingerprint density at radius 1 is 1.31 bits per heavy atom. The van der Waals surface area contributed by atoms with Gasteiger partial charge in [0.2, 0.25) is 0 Å². The van der Waals surface area contributed by atoms with Crippen LogP contribution in [0.3, 0.4) is 0 Å². The van der Waals surface area contributed by atoms with E-state index in [1.807, 2.05) is 26.0 Å². The predicted octanol–water partition coefficient (Wildman–Crippen LogP) is 2.51. The van der Waals surface area contributed by atoms with E-state index in [1.54, 1.807) is 36.8 Å². The summed E-state index contributed by atoms with van der Waals surface area (Å²) in [4.78, 5) is 20.5. The summed E-state index contributed by atoms with van der Waals surface area (Å²) in [6, 6.07) is 9.17. The van der Waals surface area contributed by atoms with Crippen LogP contribution in [-0.2, 0) is 4.79 Å². The van der Waals surface area contributed by atoms with Gasteiger partial charge in [0.25, 0.3) is 5.91 Å². The zero-order valence-electron chi connectivity index (χ0n) is 14.6. The Morgan fingerprint density at radius 3 is 2.96 bits per heavy atom. The molecule has 0 radical (unpaired) electrons. The Bertz CT molecular complexity index is 864. The summed E-state index contributed by atoms with van der Waals surface area (Å²) in [6.07, 6.45) is 5.07. The monoisotopic (exact) mass is 352 g/mol. The molecule has 2 heterocycles. The predicted molar refractivity (Wildman–Crippen MR) is 98.1 cm³/mol. The molecule has 8 nitrogen and oxygen atoms in total. The maximum atomic E-state index is 11.7. The molecule has 2 aromatic heterocycles. The fraction of sp³-hybridized carbons (Fsp3) is 0.222. The van der Waals surface area contributed by atoms with E-state index in [9.17, 15) is 4.79 Å². The van der Waals surface area contributed by atoms with E-state index in [-0.39, 0.29) is 18.6 Å². The number of H-pyrrole nitrogens is 1. The number of ether oxygens (including phenoxy) is 1. The molecule has 0 fully saturated rings. The number of nitrogens with one attached hydrogen (secondary N) is 3. The molecule has 0 aliphatic heterocycles. The number of aromatic nitrogens is 4. The second kappa shape index (κ2) is 8.11. The van der Waals surface area contributed by atoms with Crippen LogP contribution < -0.4 is 15.4 Å². The highest BCUT2D eigenvalue weighted by Crippen LogP contribution is 2.22. The first kappa shape index (κ1) is 17.4. The number of anilines is 2. The molecule has 26 heavy (non-hydrogen) atoms. The lowest BCUT2D eigenvalue weighted by molar-refractivity contribution is -0.123. The maximum absolute atomic E-state index is 11.7. The van der Waals surface area contributed by atoms with Gasteiger partial charge in [0.15, 0.2) is 12.4 Å². The highest BCUT2D eigenvalue weighted by atomic mass is 16.5. The summed E-state index contributed by atoms with van der Waals surface area (Å²) in [5.41, 5.74) is 1.60. The van der Waals surface area contributed by atoms with E-state index in [2.05, 4.69) is 30.8 Å². The Morgan fingerprint density at radius 2 is 2.19 bits per heavy atom. The van der Waals surface area contributed by atoms with Gasteiger partial charge in [0.1, 0.15) is 11.6 Å². The first-order valence-electron chi connectivity index (χ1n) is 8.21. The second-order valence-corrected chi connectivity index (χ2v) is 5.92. The highest BCUT2D eigenvalue weighted by molar-refractivity contribution is 5.77. The van der Waals surface area contributed by atoms with E-state index < -0.39 is 0 Å². The van der Waals surface area contributed by atoms with Gasteiger partial charge in [-0.3, -0.25) is 9.89 Å². The average molecular weight is 352 g/mol. The van der Waals surface area contributed by atoms with Crippen LogP contribution in [0.4, 0.5) is 11.5 Å². The summed E-state index contributed by atoms with van der Waals surface area (Å²) in [5, 5.41) is 12.5. The molecule has 0 saturated carbocycles. The summed E-state index contributed by atoms with van der Waals surface area (Å²) in [7, 11) is 0. The highest BCUT2D eigenvalue weighted by Gasteiger charge is 2.07. The van der Waals surface area contributed by atoms with Crippen LogP contribution in [0.2, 0.25) is 0 Å². The van der Waals surface area contributed by atoms with Crippen molar-refractivity contribution in [3.63, 3.8) is 0 Å². The summed E-state index contributed by atoms with van der Waals surface area (Å²) >= 11 is 0. The van der Waals surface area contributed by atoms with Crippen LogP contribution >= 0.6 is 0 Å². The minimum Gasteiger partial charge on any atom is -0.484 e. The SMILES string of the molecule is CC(C)NC(=O)COc1cccc(-c2nccc(Nc3cn[nH]c3)n2)c1. The number of amides is 1. The largest absolute Gasteiger partial charge is 0.484 e. The van der Waals surface area contributed by atoms with Gasteiger partial charge in [-0.25, -0.2) is 9.97 Å². The van der Waals surface area contributed by atoms with Crippen molar-refractivity contribution in [2.24, 2.45) is 0 Å². The van der Waals surface area contributed by atoms with Crippen LogP contribution in [0.15, 0.2) is 48.9 Å². The van der Waals surface area contributed by atoms with Gasteiger partial charge in [0.05, 0.1) is 11.9 Å². The molecule has 3 aromatic rings. The molecule has 0 saturated heterocycles. The molecule has 134 valence electrons. The minimum absolute atomic E-state index is 0.0371. The lowest BCUT2D eigenvalue weighted by Gasteiger charge is -2.10. The van der Waals surface area contributed by atoms with Gasteiger partial charge in [-0.2, -0.15) is 5.10 Å². The normalized spacial score (nSPS) is 10.6. The number of carbonyl (C=O) groups is 1. The van der Waals surface area contributed by atoms with Crippen molar-refractivity contribution in [2.75, 3.05) is 11.9 Å². The molecule has 0 atom stereocenters. The van der Waals surface area contributed by atoms with Gasteiger partial charge in [-0.15, -0.1) is 0 Å². The Balaban J connectivity index is 1.70. The molecular formula is C18H20N6O2. The standard InChI is InChI=1S/C18H20N6O2/c1-12(2)22-17(25)11-26-15-5-3-4-13(8-15)18-19-7-6-16(24-18)23-14-9-20-21-10-14/h3-10,12H,11H2,1-2H3,(H,20,21)(H,22,25)(H,19,23,24). The van der Waals surface area contributed by atoms with E-state index in [0.29, 0.717) is 17.4 Å². The number of hydrogen-bond acceptors (Lipinski definition) is 6. The molecule has 3 N–H and O–H groups in total. The quantitative estimate of drug-likeness (QED) is 0.603. The Kier molecular flexibility index (Phi) is 5.43. The zero-order valence-corrected chi connectivity index (χ0v) is 14.6. The summed E-state index contributed by atoms with van der Waals surface area (Å²) < 4.78 is 5.55. The lowest BCUT2D eigenvalue weighted by Crippen LogP contribution is -2.34. The lowest BCUT2D eigenvalue weighted by atomic mass is 10.2. The molecular weight excluding hydrogens is 332 g/mol. The van der Waals surface area contributed by atoms with Crippen LogP contribution in [0.25, 0.3) is 11.4 Å². The van der Waals surface area contributed by atoms with Crippen molar-refractivity contribution in [1.29, 1.82) is 0 Å². The first-order valence-corrected chi connectivity index (χ1v) is 8.21. The van der Waals surface area contributed by atoms with Crippen LogP contribution in [0, 0.1) is 0 Å². The molecule has 0 unspecified atom stereocenters. The van der Waals surface area contributed by atoms with Crippen molar-refractivity contribution in [3.05, 3.63) is 48.9 Å². The van der Waals surface area contributed by atoms with Gasteiger partial charge >= 0.3 is 0 Å². The van der Waals surface area contributed by atoms with Crippen molar-refractivity contribution < 1.29 is 9.53 Å². The molecule has 0 bridgehead atoms. The molecule has 1 amide bonds. The van der Waals surface area contributed by atoms with Crippen molar-refractivity contribution in [1.82, 2.24) is 25.5 Å². The van der Waals surface area contributed by atoms with Gasteiger partial charge in [-0.05, 0) is 32.0 Å². The second-order valence-electron chi connectivity index (χ2n) is 5.92. The first-order chi connectivity index (χ1) is 12.6. The smallest absolute Gasteiger partial charge is 0.258 e. The van der Waals surface area contributed by atoms with Crippen molar-refractivity contribution >= 4 is 17.4 Å². The number of nitrogens with zero attached hydrogens (tertiary/aromatic N) is 3. The third-order valence-corrected chi connectivity index (χ3v) is 3.34. The molecule has 0 spiro atoms. The Labute approximate surface area is 151 Å². The van der Waals surface area contributed by atoms with Crippen molar-refractivity contribution in [3.8, 4) is 17.1 Å². The number of carbonyl (C=O) groups excluding carboxylic acids is 1. The van der Waals surface area contributed by atoms with Crippen LogP contribution in [-0.4, -0.2) is 38.7 Å². The zero-order chi connectivity index (χ0) is 18.4. The summed E-state index contributed by atoms with van der Waals surface area (Å²) in [6.45, 7) is 3.77. The third-order valence-electron chi connectivity index (χ3n) is 3.34. The van der Waals surface area contributed by atoms with E-state index in [4.69, 9.17) is 4.74 Å². The minimum atomic E-state index is -0.159. The van der Waals surface area contributed by atoms with Gasteiger partial charge in [-0.1, -0.05) is 12.1 Å². The molecule has 1 aromatic carbocycles. The van der Waals surface area contributed by atoms with Gasteiger partial charge < -0.3 is 15.4 Å². The fourth-order valence-corrected chi connectivity index (χ4v) is 2.27. The topological polar surface area (TPSA) is 105 Å². The van der Waals surface area contributed by atoms with Crippen LogP contribution in [0.5, 0.6) is 5.75 Å². The van der Waals surface area contributed by atoms with E-state index in [0.717, 1.165) is 11.3 Å². The average Bonchev–Trinajstić information content (AvgIpc) is 3.13. The van der Waals surface area contributed by atoms with Crippen molar-refractivity contribution in [2.45, 2.75) is 19.9 Å². The molecule has 0 aliphatic rings. The van der Waals surface area contributed by atoms with E-state index >= 15 is 0 Å². The Hall–Kier alpha value is -3.42. The van der Waals surface area contributed by atoms with E-state index in [1.165, 1.54) is 0 Å². The fourth-order valence-electron chi connectivity index (χ4n) is 2.27. The molecule has 0 aliphatic carbocycles. The maximum Gasteiger partial charge on any atom is 0.258 e. The number of rotatable bonds is 7. The number of aromatic amines is 1. The third kappa shape index (κ3) is 4.79. The number of hydrogen-bond donors (Lipinski definition) is 3. The van der Waals surface area contributed by atoms with Gasteiger partial charge in [0, 0.05) is 24.0 Å². The number of benzene rings is 1. The molecule has 3 rings (SSSR count). The summed E-state index contributed by atoms with van der Waals surface area (Å²) in [5.74, 6) is 1.63. The van der Waals surface area contributed by atoms with Crippen LogP contribution in [0.1, 0.15) is 13.8 Å². The molecule has 8 heteroatoms.